The van der Waals surface area contributed by atoms with Crippen LogP contribution in [0.5, 0.6) is 0 Å². The van der Waals surface area contributed by atoms with Gasteiger partial charge in [0.25, 0.3) is 0 Å². The molecule has 20 heavy (non-hydrogen) atoms. The Balaban J connectivity index is 2.21. The van der Waals surface area contributed by atoms with E-state index < -0.39 is 8.80 Å². The molecular formula is C14H15NO3SSi. The monoisotopic (exact) mass is 305 g/mol. The van der Waals surface area contributed by atoms with Gasteiger partial charge in [0.1, 0.15) is 0 Å². The lowest BCUT2D eigenvalue weighted by atomic mass is 10.1. The zero-order valence-electron chi connectivity index (χ0n) is 11.5. The predicted molar refractivity (Wildman–Crippen MR) is 83.5 cm³/mol. The molecule has 0 aliphatic heterocycles. The summed E-state index contributed by atoms with van der Waals surface area (Å²) in [6, 6.07) is 12.5. The third-order valence-electron chi connectivity index (χ3n) is 3.32. The Labute approximate surface area is 122 Å². The lowest BCUT2D eigenvalue weighted by Crippen LogP contribution is -2.54. The van der Waals surface area contributed by atoms with Crippen LogP contribution in [0, 0.1) is 0 Å². The first-order chi connectivity index (χ1) is 9.72. The summed E-state index contributed by atoms with van der Waals surface area (Å²) in [5.74, 6) is 0. The number of benzene rings is 2. The molecule has 0 aliphatic carbocycles. The molecule has 0 radical (unpaired) electrons. The summed E-state index contributed by atoms with van der Waals surface area (Å²) in [6.45, 7) is 0. The number of hydrogen-bond donors (Lipinski definition) is 0. The van der Waals surface area contributed by atoms with Gasteiger partial charge in [-0.15, -0.1) is 11.3 Å². The van der Waals surface area contributed by atoms with Crippen LogP contribution in [-0.2, 0) is 13.3 Å². The maximum atomic E-state index is 5.49. The molecule has 0 saturated carbocycles. The number of rotatable bonds is 4. The van der Waals surface area contributed by atoms with Gasteiger partial charge in [0.05, 0.1) is 10.2 Å². The summed E-state index contributed by atoms with van der Waals surface area (Å²) < 4.78 is 18.4. The van der Waals surface area contributed by atoms with Crippen LogP contribution in [0.25, 0.3) is 21.0 Å². The van der Waals surface area contributed by atoms with Crippen LogP contribution < -0.4 is 4.63 Å². The number of aromatic nitrogens is 1. The second-order valence-electron chi connectivity index (χ2n) is 4.35. The summed E-state index contributed by atoms with van der Waals surface area (Å²) in [5, 5.41) is 2.38. The van der Waals surface area contributed by atoms with Gasteiger partial charge in [-0.05, 0) is 22.9 Å². The van der Waals surface area contributed by atoms with Crippen LogP contribution in [0.15, 0.2) is 36.4 Å². The van der Waals surface area contributed by atoms with E-state index in [4.69, 9.17) is 13.3 Å². The smallest absolute Gasteiger partial charge is 0.372 e. The fraction of sp³-hybridized carbons (Fsp3) is 0.214. The summed E-state index contributed by atoms with van der Waals surface area (Å²) >= 11 is 1.57. The molecule has 3 aromatic rings. The van der Waals surface area contributed by atoms with Crippen molar-refractivity contribution in [3.63, 3.8) is 0 Å². The molecular weight excluding hydrogens is 290 g/mol. The van der Waals surface area contributed by atoms with E-state index in [1.807, 2.05) is 12.1 Å². The van der Waals surface area contributed by atoms with Gasteiger partial charge in [0, 0.05) is 21.3 Å². The second-order valence-corrected chi connectivity index (χ2v) is 8.56. The zero-order valence-corrected chi connectivity index (χ0v) is 13.4. The van der Waals surface area contributed by atoms with E-state index >= 15 is 0 Å². The third-order valence-corrected chi connectivity index (χ3v) is 7.46. The van der Waals surface area contributed by atoms with Gasteiger partial charge < -0.3 is 13.3 Å². The first-order valence-corrected chi connectivity index (χ1v) is 8.72. The molecule has 0 atom stereocenters. The number of thiazole rings is 1. The normalized spacial score (nSPS) is 12.3. The highest BCUT2D eigenvalue weighted by molar-refractivity contribution is 7.28. The molecule has 104 valence electrons. The average Bonchev–Trinajstić information content (AvgIpc) is 2.90. The molecule has 0 spiro atoms. The molecule has 3 rings (SSSR count). The molecule has 0 amide bonds. The summed E-state index contributed by atoms with van der Waals surface area (Å²) in [5.41, 5.74) is 0.951. The molecule has 1 aromatic heterocycles. The van der Waals surface area contributed by atoms with Gasteiger partial charge >= 0.3 is 8.80 Å². The standard InChI is InChI=1S/C14H15NO3SSi/c1-16-20(17-2,18-3)14-15-12-8-10-6-4-5-7-11(10)9-13(12)19-14/h4-9H,1-3H3. The minimum atomic E-state index is -2.84. The van der Waals surface area contributed by atoms with Crippen molar-refractivity contribution in [2.75, 3.05) is 21.3 Å². The molecule has 4 nitrogen and oxygen atoms in total. The highest BCUT2D eigenvalue weighted by Gasteiger charge is 2.44. The van der Waals surface area contributed by atoms with Crippen molar-refractivity contribution < 1.29 is 13.3 Å². The molecule has 2 aromatic carbocycles. The minimum Gasteiger partial charge on any atom is -0.372 e. The quantitative estimate of drug-likeness (QED) is 0.695. The van der Waals surface area contributed by atoms with Crippen molar-refractivity contribution in [1.82, 2.24) is 4.98 Å². The number of nitrogens with zero attached hydrogens (tertiary/aromatic N) is 1. The van der Waals surface area contributed by atoms with Crippen molar-refractivity contribution in [1.29, 1.82) is 0 Å². The molecule has 0 fully saturated rings. The van der Waals surface area contributed by atoms with Gasteiger partial charge in [-0.3, -0.25) is 0 Å². The highest BCUT2D eigenvalue weighted by Crippen LogP contribution is 2.25. The Bertz CT molecular complexity index is 694. The summed E-state index contributed by atoms with van der Waals surface area (Å²) in [7, 11) is 1.95. The van der Waals surface area contributed by atoms with Crippen molar-refractivity contribution in [2.45, 2.75) is 0 Å². The third kappa shape index (κ3) is 2.06. The maximum absolute atomic E-state index is 5.49. The van der Waals surface area contributed by atoms with Gasteiger partial charge in [-0.2, -0.15) is 0 Å². The van der Waals surface area contributed by atoms with E-state index in [0.29, 0.717) is 0 Å². The van der Waals surface area contributed by atoms with Crippen molar-refractivity contribution in [2.24, 2.45) is 0 Å². The predicted octanol–water partition coefficient (Wildman–Crippen LogP) is 2.53. The van der Waals surface area contributed by atoms with Crippen LogP contribution in [0.2, 0.25) is 0 Å². The van der Waals surface area contributed by atoms with Gasteiger partial charge in [0.15, 0.2) is 4.63 Å². The van der Waals surface area contributed by atoms with E-state index in [2.05, 4.69) is 29.2 Å². The van der Waals surface area contributed by atoms with Crippen LogP contribution >= 0.6 is 11.3 Å². The van der Waals surface area contributed by atoms with E-state index in [0.717, 1.165) is 14.8 Å². The van der Waals surface area contributed by atoms with Crippen LogP contribution in [0.3, 0.4) is 0 Å². The van der Waals surface area contributed by atoms with Crippen LogP contribution in [-0.4, -0.2) is 35.1 Å². The number of fused-ring (bicyclic) bond motifs is 2. The van der Waals surface area contributed by atoms with E-state index in [9.17, 15) is 0 Å². The van der Waals surface area contributed by atoms with E-state index in [1.165, 1.54) is 10.8 Å². The zero-order chi connectivity index (χ0) is 14.2. The highest BCUT2D eigenvalue weighted by atomic mass is 32.1. The summed E-state index contributed by atoms with van der Waals surface area (Å²) in [4.78, 5) is 4.65. The fourth-order valence-electron chi connectivity index (χ4n) is 2.26. The Morgan fingerprint density at radius 2 is 1.55 bits per heavy atom. The van der Waals surface area contributed by atoms with Gasteiger partial charge in [0.2, 0.25) is 0 Å². The Hall–Kier alpha value is -1.31. The Kier molecular flexibility index (Phi) is 3.57. The number of hydrogen-bond acceptors (Lipinski definition) is 5. The average molecular weight is 305 g/mol. The van der Waals surface area contributed by atoms with E-state index in [1.54, 1.807) is 32.7 Å². The van der Waals surface area contributed by atoms with E-state index in [-0.39, 0.29) is 0 Å². The molecule has 0 bridgehead atoms. The fourth-order valence-corrected chi connectivity index (χ4v) is 5.86. The molecule has 0 unspecified atom stereocenters. The lowest BCUT2D eigenvalue weighted by Gasteiger charge is -2.21. The first-order valence-electron chi connectivity index (χ1n) is 6.17. The molecule has 0 N–H and O–H groups in total. The second kappa shape index (κ2) is 5.23. The Morgan fingerprint density at radius 1 is 0.950 bits per heavy atom. The molecule has 6 heteroatoms. The van der Waals surface area contributed by atoms with Crippen molar-refractivity contribution in [3.8, 4) is 0 Å². The SMILES string of the molecule is CO[Si](OC)(OC)c1nc2cc3ccccc3cc2s1. The largest absolute Gasteiger partial charge is 0.566 e. The van der Waals surface area contributed by atoms with Gasteiger partial charge in [-0.25, -0.2) is 4.98 Å². The van der Waals surface area contributed by atoms with Crippen molar-refractivity contribution in [3.05, 3.63) is 36.4 Å². The topological polar surface area (TPSA) is 40.6 Å². The first kappa shape index (κ1) is 13.7. The minimum absolute atomic E-state index is 0.787. The molecule has 0 saturated heterocycles. The maximum Gasteiger partial charge on any atom is 0.566 e. The van der Waals surface area contributed by atoms with Crippen molar-refractivity contribution >= 4 is 45.8 Å². The van der Waals surface area contributed by atoms with Gasteiger partial charge in [-0.1, -0.05) is 24.3 Å². The lowest BCUT2D eigenvalue weighted by molar-refractivity contribution is 0.140. The summed E-state index contributed by atoms with van der Waals surface area (Å²) in [6.07, 6.45) is 0. The van der Waals surface area contributed by atoms with Crippen LogP contribution in [0.4, 0.5) is 0 Å². The Morgan fingerprint density at radius 3 is 2.15 bits per heavy atom. The molecule has 1 heterocycles. The van der Waals surface area contributed by atoms with Crippen LogP contribution in [0.1, 0.15) is 0 Å². The molecule has 0 aliphatic rings.